The predicted molar refractivity (Wildman–Crippen MR) is 101 cm³/mol. The minimum atomic E-state index is -1.05. The topological polar surface area (TPSA) is 99.0 Å². The van der Waals surface area contributed by atoms with Gasteiger partial charge in [-0.1, -0.05) is 0 Å². The van der Waals surface area contributed by atoms with Crippen molar-refractivity contribution in [3.8, 4) is 17.0 Å². The Kier molecular flexibility index (Phi) is 5.57. The zero-order chi connectivity index (χ0) is 19.6. The molecule has 2 heterocycles. The summed E-state index contributed by atoms with van der Waals surface area (Å²) in [4.78, 5) is 24.4. The van der Waals surface area contributed by atoms with Gasteiger partial charge < -0.3 is 24.7 Å². The molecule has 0 aliphatic carbocycles. The number of aliphatic hydroxyl groups excluding tert-OH is 1. The van der Waals surface area contributed by atoms with Gasteiger partial charge in [0.05, 0.1) is 24.4 Å². The molecule has 27 heavy (non-hydrogen) atoms. The van der Waals surface area contributed by atoms with Gasteiger partial charge in [0, 0.05) is 24.8 Å². The number of carbonyl (C=O) groups is 1. The molecule has 2 aromatic rings. The van der Waals surface area contributed by atoms with Gasteiger partial charge in [0.1, 0.15) is 11.3 Å². The quantitative estimate of drug-likeness (QED) is 0.784. The van der Waals surface area contributed by atoms with Gasteiger partial charge in [0.15, 0.2) is 0 Å². The molecule has 0 amide bonds. The van der Waals surface area contributed by atoms with Crippen LogP contribution in [0.1, 0.15) is 17.3 Å². The normalized spacial score (nSPS) is 19.5. The summed E-state index contributed by atoms with van der Waals surface area (Å²) < 4.78 is 5.39. The van der Waals surface area contributed by atoms with Crippen molar-refractivity contribution in [3.63, 3.8) is 0 Å². The fourth-order valence-corrected chi connectivity index (χ4v) is 3.24. The van der Waals surface area contributed by atoms with E-state index in [0.29, 0.717) is 42.7 Å². The van der Waals surface area contributed by atoms with Crippen molar-refractivity contribution in [2.45, 2.75) is 19.1 Å². The molecule has 0 spiro atoms. The number of nitrogens with zero attached hydrogens (tertiary/aromatic N) is 4. The first-order valence-electron chi connectivity index (χ1n) is 8.83. The Morgan fingerprint density at radius 2 is 2.11 bits per heavy atom. The predicted octanol–water partition coefficient (Wildman–Crippen LogP) is 1.35. The largest absolute Gasteiger partial charge is 0.493 e. The fraction of sp³-hybridized carbons (Fsp3) is 0.421. The summed E-state index contributed by atoms with van der Waals surface area (Å²) in [7, 11) is 3.87. The number of benzene rings is 1. The third kappa shape index (κ3) is 4.01. The Morgan fingerprint density at radius 1 is 1.33 bits per heavy atom. The van der Waals surface area contributed by atoms with Crippen LogP contribution in [0.3, 0.4) is 0 Å². The first-order chi connectivity index (χ1) is 12.9. The molecule has 0 saturated carbocycles. The number of rotatable bonds is 6. The summed E-state index contributed by atoms with van der Waals surface area (Å²) in [5.74, 6) is -0.202. The number of ether oxygens (including phenoxy) is 1. The zero-order valence-electron chi connectivity index (χ0n) is 15.7. The van der Waals surface area contributed by atoms with Crippen LogP contribution in [0.4, 0.5) is 5.95 Å². The molecular weight excluding hydrogens is 348 g/mol. The SMILES string of the molecule is CCOc1ccc(-c2ccnc(N3C[C@H](O)[C@@H](N(C)C)C3)n2)cc1C(=O)O. The number of likely N-dealkylation sites (N-methyl/N-ethyl adjacent to an activating group) is 1. The first kappa shape index (κ1) is 19.1. The maximum Gasteiger partial charge on any atom is 0.339 e. The smallest absolute Gasteiger partial charge is 0.339 e. The Bertz CT molecular complexity index is 827. The average molecular weight is 372 g/mol. The van der Waals surface area contributed by atoms with Crippen molar-refractivity contribution in [2.75, 3.05) is 38.7 Å². The van der Waals surface area contributed by atoms with Crippen LogP contribution in [-0.4, -0.2) is 77.0 Å². The highest BCUT2D eigenvalue weighted by Crippen LogP contribution is 2.27. The maximum absolute atomic E-state index is 11.5. The lowest BCUT2D eigenvalue weighted by Gasteiger charge is -2.21. The second kappa shape index (κ2) is 7.89. The lowest BCUT2D eigenvalue weighted by Crippen LogP contribution is -2.38. The van der Waals surface area contributed by atoms with Gasteiger partial charge in [-0.15, -0.1) is 0 Å². The van der Waals surface area contributed by atoms with E-state index in [4.69, 9.17) is 4.74 Å². The second-order valence-corrected chi connectivity index (χ2v) is 6.69. The monoisotopic (exact) mass is 372 g/mol. The average Bonchev–Trinajstić information content (AvgIpc) is 3.04. The summed E-state index contributed by atoms with van der Waals surface area (Å²) in [6.45, 7) is 3.28. The molecule has 1 aliphatic heterocycles. The van der Waals surface area contributed by atoms with Gasteiger partial charge >= 0.3 is 5.97 Å². The third-order valence-electron chi connectivity index (χ3n) is 4.65. The van der Waals surface area contributed by atoms with E-state index in [2.05, 4.69) is 9.97 Å². The van der Waals surface area contributed by atoms with E-state index >= 15 is 0 Å². The number of aromatic carboxylic acids is 1. The van der Waals surface area contributed by atoms with E-state index in [9.17, 15) is 15.0 Å². The number of aromatic nitrogens is 2. The zero-order valence-corrected chi connectivity index (χ0v) is 15.7. The van der Waals surface area contributed by atoms with Crippen LogP contribution < -0.4 is 9.64 Å². The molecule has 2 N–H and O–H groups in total. The molecule has 1 aliphatic rings. The van der Waals surface area contributed by atoms with Crippen LogP contribution in [0, 0.1) is 0 Å². The maximum atomic E-state index is 11.5. The highest BCUT2D eigenvalue weighted by Gasteiger charge is 2.34. The van der Waals surface area contributed by atoms with Crippen molar-refractivity contribution in [1.29, 1.82) is 0 Å². The number of anilines is 1. The van der Waals surface area contributed by atoms with Gasteiger partial charge in [0.25, 0.3) is 0 Å². The molecule has 1 aromatic carbocycles. The Labute approximate surface area is 158 Å². The van der Waals surface area contributed by atoms with Gasteiger partial charge in [-0.3, -0.25) is 0 Å². The summed E-state index contributed by atoms with van der Waals surface area (Å²) >= 11 is 0. The molecule has 3 rings (SSSR count). The number of hydrogen-bond donors (Lipinski definition) is 2. The minimum absolute atomic E-state index is 0.0151. The second-order valence-electron chi connectivity index (χ2n) is 6.69. The molecule has 144 valence electrons. The van der Waals surface area contributed by atoms with E-state index in [1.807, 2.05) is 30.8 Å². The number of carboxylic acids is 1. The fourth-order valence-electron chi connectivity index (χ4n) is 3.24. The Hall–Kier alpha value is -2.71. The van der Waals surface area contributed by atoms with Crippen molar-refractivity contribution >= 4 is 11.9 Å². The standard InChI is InChI=1S/C19H24N4O4/c1-4-27-17-6-5-12(9-13(17)18(25)26)14-7-8-20-19(21-14)23-10-15(22(2)3)16(24)11-23/h5-9,15-16,24H,4,10-11H2,1-3H3,(H,25,26)/t15-,16-/m0/s1. The number of hydrogen-bond acceptors (Lipinski definition) is 7. The highest BCUT2D eigenvalue weighted by molar-refractivity contribution is 5.92. The molecular formula is C19H24N4O4. The van der Waals surface area contributed by atoms with Crippen molar-refractivity contribution < 1.29 is 19.7 Å². The van der Waals surface area contributed by atoms with Crippen LogP contribution in [0.15, 0.2) is 30.5 Å². The summed E-state index contributed by atoms with van der Waals surface area (Å²) in [5.41, 5.74) is 1.38. The summed E-state index contributed by atoms with van der Waals surface area (Å²) in [5, 5.41) is 19.7. The molecule has 1 saturated heterocycles. The molecule has 0 radical (unpaired) electrons. The summed E-state index contributed by atoms with van der Waals surface area (Å²) in [6.07, 6.45) is 1.17. The van der Waals surface area contributed by atoms with Crippen LogP contribution >= 0.6 is 0 Å². The molecule has 1 aromatic heterocycles. The van der Waals surface area contributed by atoms with E-state index in [0.717, 1.165) is 0 Å². The van der Waals surface area contributed by atoms with Gasteiger partial charge in [-0.25, -0.2) is 14.8 Å². The third-order valence-corrected chi connectivity index (χ3v) is 4.65. The van der Waals surface area contributed by atoms with E-state index in [1.54, 1.807) is 30.5 Å². The minimum Gasteiger partial charge on any atom is -0.493 e. The number of β-amino-alcohol motifs (C(OH)–C–C–N with tert-alkyl or cyclic N) is 1. The molecule has 0 unspecified atom stereocenters. The Morgan fingerprint density at radius 3 is 2.74 bits per heavy atom. The highest BCUT2D eigenvalue weighted by atomic mass is 16.5. The van der Waals surface area contributed by atoms with Crippen molar-refractivity contribution in [2.24, 2.45) is 0 Å². The van der Waals surface area contributed by atoms with Crippen molar-refractivity contribution in [3.05, 3.63) is 36.0 Å². The van der Waals surface area contributed by atoms with Gasteiger partial charge in [-0.05, 0) is 45.3 Å². The van der Waals surface area contributed by atoms with Crippen LogP contribution in [-0.2, 0) is 0 Å². The van der Waals surface area contributed by atoms with Crippen molar-refractivity contribution in [1.82, 2.24) is 14.9 Å². The lowest BCUT2D eigenvalue weighted by atomic mass is 10.1. The molecule has 8 nitrogen and oxygen atoms in total. The first-order valence-corrected chi connectivity index (χ1v) is 8.83. The number of aliphatic hydroxyl groups is 1. The van der Waals surface area contributed by atoms with Crippen LogP contribution in [0.25, 0.3) is 11.3 Å². The van der Waals surface area contributed by atoms with E-state index in [1.165, 1.54) is 0 Å². The van der Waals surface area contributed by atoms with E-state index in [-0.39, 0.29) is 11.6 Å². The van der Waals surface area contributed by atoms with Crippen LogP contribution in [0.5, 0.6) is 5.75 Å². The van der Waals surface area contributed by atoms with E-state index < -0.39 is 12.1 Å². The van der Waals surface area contributed by atoms with Gasteiger partial charge in [-0.2, -0.15) is 0 Å². The number of carboxylic acid groups (broad SMARTS) is 1. The van der Waals surface area contributed by atoms with Crippen LogP contribution in [0.2, 0.25) is 0 Å². The molecule has 1 fully saturated rings. The molecule has 0 bridgehead atoms. The van der Waals surface area contributed by atoms with Gasteiger partial charge in [0.2, 0.25) is 5.95 Å². The summed E-state index contributed by atoms with van der Waals surface area (Å²) in [6, 6.07) is 6.74. The molecule has 2 atom stereocenters. The Balaban J connectivity index is 1.90. The molecule has 8 heteroatoms. The lowest BCUT2D eigenvalue weighted by molar-refractivity contribution is 0.0692.